The lowest BCUT2D eigenvalue weighted by Gasteiger charge is -2.22. The van der Waals surface area contributed by atoms with Crippen molar-refractivity contribution in [1.82, 2.24) is 0 Å². The predicted molar refractivity (Wildman–Crippen MR) is 108 cm³/mol. The van der Waals surface area contributed by atoms with Gasteiger partial charge in [-0.2, -0.15) is 0 Å². The number of carbonyl (C=O) groups excluding carboxylic acids is 1. The first kappa shape index (κ1) is 22.3. The molecule has 1 aromatic carbocycles. The van der Waals surface area contributed by atoms with Crippen molar-refractivity contribution >= 4 is 17.1 Å². The first-order valence-electron chi connectivity index (χ1n) is 10.4. The molecule has 1 aliphatic rings. The molecular weight excluding hydrogens is 360 g/mol. The van der Waals surface area contributed by atoms with E-state index in [1.165, 1.54) is 32.1 Å². The summed E-state index contributed by atoms with van der Waals surface area (Å²) >= 11 is -2.57. The standard InChI is InChI=1S/C22H34O4S/c1-18-12-14-20(15-13-18)22(26-27(24)25)17-16-19-10-8-6-4-2-3-5-7-9-11-21(19)23/h12-15,19,22H,2-11,16-17H2,1H3,(H,24,25)/p-1. The van der Waals surface area contributed by atoms with Crippen molar-refractivity contribution in [3.8, 4) is 0 Å². The second-order valence-electron chi connectivity index (χ2n) is 7.81. The van der Waals surface area contributed by atoms with Crippen molar-refractivity contribution in [3.05, 3.63) is 35.4 Å². The van der Waals surface area contributed by atoms with Gasteiger partial charge in [-0.1, -0.05) is 74.8 Å². The molecule has 1 fully saturated rings. The average molecular weight is 394 g/mol. The monoisotopic (exact) mass is 393 g/mol. The number of carbonyl (C=O) groups is 1. The van der Waals surface area contributed by atoms with Gasteiger partial charge in [0.25, 0.3) is 0 Å². The maximum Gasteiger partial charge on any atom is 0.135 e. The summed E-state index contributed by atoms with van der Waals surface area (Å²) in [7, 11) is 0. The van der Waals surface area contributed by atoms with Crippen LogP contribution in [0, 0.1) is 12.8 Å². The van der Waals surface area contributed by atoms with Gasteiger partial charge in [-0.15, -0.1) is 0 Å². The number of hydrogen-bond acceptors (Lipinski definition) is 4. The molecule has 1 aliphatic carbocycles. The Labute approximate surface area is 166 Å². The quantitative estimate of drug-likeness (QED) is 0.579. The number of Topliss-reactive ketones (excluding diaryl/α,β-unsaturated/α-hetero) is 1. The SMILES string of the molecule is Cc1ccc(C(CCC2CCCCCCCCCCC2=O)OS(=O)[O-])cc1. The Hall–Kier alpha value is -1.04. The Morgan fingerprint density at radius 3 is 2.26 bits per heavy atom. The van der Waals surface area contributed by atoms with E-state index < -0.39 is 17.5 Å². The van der Waals surface area contributed by atoms with Crippen LogP contribution in [0.1, 0.15) is 94.3 Å². The zero-order valence-electron chi connectivity index (χ0n) is 16.5. The van der Waals surface area contributed by atoms with Gasteiger partial charge in [0.05, 0.1) is 17.5 Å². The molecular formula is C22H33O4S-. The summed E-state index contributed by atoms with van der Waals surface area (Å²) in [5.41, 5.74) is 1.97. The molecule has 3 atom stereocenters. The van der Waals surface area contributed by atoms with Crippen molar-refractivity contribution < 1.29 is 17.7 Å². The summed E-state index contributed by atoms with van der Waals surface area (Å²) in [6, 6.07) is 7.74. The summed E-state index contributed by atoms with van der Waals surface area (Å²) in [4.78, 5) is 12.7. The fourth-order valence-electron chi connectivity index (χ4n) is 3.92. The predicted octanol–water partition coefficient (Wildman–Crippen LogP) is 5.73. The van der Waals surface area contributed by atoms with Gasteiger partial charge in [0.1, 0.15) is 5.78 Å². The molecule has 3 unspecified atom stereocenters. The van der Waals surface area contributed by atoms with Gasteiger partial charge in [-0.3, -0.25) is 8.98 Å². The van der Waals surface area contributed by atoms with E-state index in [4.69, 9.17) is 4.18 Å². The van der Waals surface area contributed by atoms with E-state index in [1.807, 2.05) is 31.2 Å². The third kappa shape index (κ3) is 8.67. The molecule has 0 spiro atoms. The summed E-state index contributed by atoms with van der Waals surface area (Å²) in [5, 5.41) is 0. The van der Waals surface area contributed by atoms with E-state index in [0.29, 0.717) is 25.0 Å². The molecule has 0 N–H and O–H groups in total. The van der Waals surface area contributed by atoms with E-state index in [0.717, 1.165) is 36.8 Å². The zero-order valence-corrected chi connectivity index (χ0v) is 17.3. The van der Waals surface area contributed by atoms with Gasteiger partial charge in [0.2, 0.25) is 0 Å². The van der Waals surface area contributed by atoms with E-state index in [9.17, 15) is 13.6 Å². The molecule has 152 valence electrons. The van der Waals surface area contributed by atoms with Crippen molar-refractivity contribution in [2.45, 2.75) is 90.1 Å². The highest BCUT2D eigenvalue weighted by Gasteiger charge is 2.21. The largest absolute Gasteiger partial charge is 0.750 e. The average Bonchev–Trinajstić information content (AvgIpc) is 2.63. The Kier molecular flexibility index (Phi) is 10.2. The van der Waals surface area contributed by atoms with Crippen molar-refractivity contribution in [2.75, 3.05) is 0 Å². The summed E-state index contributed by atoms with van der Waals surface area (Å²) in [6.45, 7) is 1.99. The lowest BCUT2D eigenvalue weighted by molar-refractivity contribution is -0.123. The van der Waals surface area contributed by atoms with Crippen LogP contribution < -0.4 is 0 Å². The van der Waals surface area contributed by atoms with Crippen LogP contribution in [0.4, 0.5) is 0 Å². The molecule has 0 saturated heterocycles. The molecule has 0 aromatic heterocycles. The van der Waals surface area contributed by atoms with Gasteiger partial charge >= 0.3 is 0 Å². The lowest BCUT2D eigenvalue weighted by atomic mass is 9.87. The van der Waals surface area contributed by atoms with Crippen LogP contribution in [0.5, 0.6) is 0 Å². The second kappa shape index (κ2) is 12.4. The number of benzene rings is 1. The fourth-order valence-corrected chi connectivity index (χ4v) is 4.32. The third-order valence-corrected chi connectivity index (χ3v) is 5.99. The normalized spacial score (nSPS) is 22.4. The summed E-state index contributed by atoms with van der Waals surface area (Å²) in [6.07, 6.45) is 11.8. The minimum absolute atomic E-state index is 0.0288. The third-order valence-electron chi connectivity index (χ3n) is 5.60. The van der Waals surface area contributed by atoms with Crippen LogP contribution >= 0.6 is 0 Å². The number of hydrogen-bond donors (Lipinski definition) is 0. The van der Waals surface area contributed by atoms with Crippen molar-refractivity contribution in [3.63, 3.8) is 0 Å². The molecule has 5 heteroatoms. The highest BCUT2D eigenvalue weighted by molar-refractivity contribution is 7.74. The topological polar surface area (TPSA) is 66.4 Å². The zero-order chi connectivity index (χ0) is 19.5. The Bertz CT molecular complexity index is 584. The molecule has 4 nitrogen and oxygen atoms in total. The molecule has 0 bridgehead atoms. The van der Waals surface area contributed by atoms with Gasteiger partial charge < -0.3 is 4.55 Å². The number of rotatable bonds is 6. The molecule has 0 aliphatic heterocycles. The Balaban J connectivity index is 1.98. The first-order chi connectivity index (χ1) is 13.1. The van der Waals surface area contributed by atoms with E-state index in [1.54, 1.807) is 0 Å². The van der Waals surface area contributed by atoms with Gasteiger partial charge in [-0.05, 0) is 38.2 Å². The summed E-state index contributed by atoms with van der Waals surface area (Å²) in [5.74, 6) is 0.377. The van der Waals surface area contributed by atoms with Gasteiger partial charge in [0, 0.05) is 12.3 Å². The summed E-state index contributed by atoms with van der Waals surface area (Å²) < 4.78 is 27.4. The fraction of sp³-hybridized carbons (Fsp3) is 0.682. The molecule has 1 saturated carbocycles. The molecule has 0 amide bonds. The van der Waals surface area contributed by atoms with Crippen LogP contribution in [0.25, 0.3) is 0 Å². The minimum Gasteiger partial charge on any atom is -0.750 e. The Morgan fingerprint density at radius 1 is 1.04 bits per heavy atom. The van der Waals surface area contributed by atoms with E-state index in [2.05, 4.69) is 0 Å². The second-order valence-corrected chi connectivity index (χ2v) is 8.41. The number of aryl methyl sites for hydroxylation is 1. The maximum atomic E-state index is 12.7. The van der Waals surface area contributed by atoms with E-state index in [-0.39, 0.29) is 5.92 Å². The highest BCUT2D eigenvalue weighted by Crippen LogP contribution is 2.29. The highest BCUT2D eigenvalue weighted by atomic mass is 32.2. The van der Waals surface area contributed by atoms with Crippen LogP contribution in [-0.2, 0) is 20.3 Å². The number of ketones is 1. The van der Waals surface area contributed by atoms with Crippen LogP contribution in [-0.4, -0.2) is 14.5 Å². The van der Waals surface area contributed by atoms with Crippen LogP contribution in [0.15, 0.2) is 24.3 Å². The molecule has 1 aromatic rings. The maximum absolute atomic E-state index is 12.7. The molecule has 27 heavy (non-hydrogen) atoms. The smallest absolute Gasteiger partial charge is 0.135 e. The molecule has 0 heterocycles. The van der Waals surface area contributed by atoms with Crippen molar-refractivity contribution in [2.24, 2.45) is 5.92 Å². The Morgan fingerprint density at radius 2 is 1.63 bits per heavy atom. The molecule has 2 rings (SSSR count). The lowest BCUT2D eigenvalue weighted by Crippen LogP contribution is -2.17. The van der Waals surface area contributed by atoms with Crippen molar-refractivity contribution in [1.29, 1.82) is 0 Å². The molecule has 0 radical (unpaired) electrons. The van der Waals surface area contributed by atoms with Gasteiger partial charge in [-0.25, -0.2) is 4.21 Å². The minimum atomic E-state index is -2.57. The van der Waals surface area contributed by atoms with Crippen LogP contribution in [0.3, 0.4) is 0 Å². The van der Waals surface area contributed by atoms with E-state index >= 15 is 0 Å². The van der Waals surface area contributed by atoms with Gasteiger partial charge in [0.15, 0.2) is 0 Å². The van der Waals surface area contributed by atoms with Crippen LogP contribution in [0.2, 0.25) is 0 Å². The first-order valence-corrected chi connectivity index (χ1v) is 11.4.